The van der Waals surface area contributed by atoms with Crippen molar-refractivity contribution in [1.29, 1.82) is 0 Å². The average molecular weight is 237 g/mol. The molecule has 0 saturated heterocycles. The molecule has 1 atom stereocenters. The molecule has 0 aliphatic heterocycles. The van der Waals surface area contributed by atoms with E-state index in [1.807, 2.05) is 0 Å². The van der Waals surface area contributed by atoms with Crippen LogP contribution in [0, 0.1) is 0 Å². The quantitative estimate of drug-likeness (QED) is 0.382. The highest BCUT2D eigenvalue weighted by Crippen LogP contribution is 2.04. The average Bonchev–Trinajstić information content (AvgIpc) is 2.12. The first kappa shape index (κ1) is 14.4. The lowest BCUT2D eigenvalue weighted by atomic mass is 10.1. The molecule has 0 aromatic rings. The van der Waals surface area contributed by atoms with Gasteiger partial charge in [-0.15, -0.1) is 11.6 Å². The summed E-state index contributed by atoms with van der Waals surface area (Å²) in [6.07, 6.45) is -0.593. The van der Waals surface area contributed by atoms with Crippen LogP contribution in [0.4, 0.5) is 0 Å². The minimum atomic E-state index is -0.501. The molecule has 88 valence electrons. The molecular formula is C10H17ClO4. The van der Waals surface area contributed by atoms with Gasteiger partial charge in [0.15, 0.2) is 0 Å². The van der Waals surface area contributed by atoms with Gasteiger partial charge in [0.05, 0.1) is 12.2 Å². The molecule has 0 bridgehead atoms. The lowest BCUT2D eigenvalue weighted by Crippen LogP contribution is -2.21. The van der Waals surface area contributed by atoms with E-state index in [-0.39, 0.29) is 36.7 Å². The van der Waals surface area contributed by atoms with Crippen molar-refractivity contribution >= 4 is 23.4 Å². The maximum absolute atomic E-state index is 11.3. The molecular weight excluding hydrogens is 220 g/mol. The summed E-state index contributed by atoms with van der Waals surface area (Å²) >= 11 is 5.54. The van der Waals surface area contributed by atoms with E-state index < -0.39 is 5.97 Å². The maximum Gasteiger partial charge on any atom is 0.313 e. The Labute approximate surface area is 94.9 Å². The van der Waals surface area contributed by atoms with Crippen LogP contribution in [0.3, 0.4) is 0 Å². The van der Waals surface area contributed by atoms with Crippen molar-refractivity contribution < 1.29 is 19.1 Å². The first-order valence-corrected chi connectivity index (χ1v) is 5.33. The first-order chi connectivity index (χ1) is 6.99. The highest BCUT2D eigenvalue weighted by Gasteiger charge is 2.16. The van der Waals surface area contributed by atoms with E-state index in [2.05, 4.69) is 0 Å². The molecule has 0 fully saturated rings. The van der Waals surface area contributed by atoms with E-state index in [0.717, 1.165) is 0 Å². The van der Waals surface area contributed by atoms with Crippen LogP contribution in [-0.2, 0) is 19.1 Å². The Kier molecular flexibility index (Phi) is 7.34. The van der Waals surface area contributed by atoms with E-state index in [4.69, 9.17) is 21.1 Å². The Morgan fingerprint density at radius 2 is 1.93 bits per heavy atom. The molecule has 0 heterocycles. The van der Waals surface area contributed by atoms with Gasteiger partial charge in [-0.05, 0) is 13.8 Å². The van der Waals surface area contributed by atoms with Crippen molar-refractivity contribution in [2.45, 2.75) is 38.9 Å². The Bertz CT molecular complexity index is 211. The molecule has 0 unspecified atom stereocenters. The minimum Gasteiger partial charge on any atom is -0.463 e. The second-order valence-electron chi connectivity index (χ2n) is 3.47. The van der Waals surface area contributed by atoms with Gasteiger partial charge in [0.2, 0.25) is 0 Å². The number of halogens is 1. The number of hydrogen-bond acceptors (Lipinski definition) is 4. The van der Waals surface area contributed by atoms with Gasteiger partial charge in [-0.1, -0.05) is 0 Å². The van der Waals surface area contributed by atoms with Crippen LogP contribution in [0.5, 0.6) is 0 Å². The number of alkyl halides is 1. The smallest absolute Gasteiger partial charge is 0.313 e. The van der Waals surface area contributed by atoms with Gasteiger partial charge in [-0.3, -0.25) is 9.59 Å². The van der Waals surface area contributed by atoms with Crippen molar-refractivity contribution in [3.8, 4) is 0 Å². The minimum absolute atomic E-state index is 0.146. The van der Waals surface area contributed by atoms with Crippen molar-refractivity contribution in [2.24, 2.45) is 0 Å². The van der Waals surface area contributed by atoms with Crippen molar-refractivity contribution in [1.82, 2.24) is 0 Å². The summed E-state index contributed by atoms with van der Waals surface area (Å²) in [5.41, 5.74) is 0. The summed E-state index contributed by atoms with van der Waals surface area (Å²) in [6.45, 7) is 3.47. The number of esters is 1. The summed E-state index contributed by atoms with van der Waals surface area (Å²) in [5, 5.41) is 0. The fraction of sp³-hybridized carbons (Fsp3) is 0.800. The Hall–Kier alpha value is -0.610. The number of rotatable bonds is 7. The fourth-order valence-electron chi connectivity index (χ4n) is 0.993. The highest BCUT2D eigenvalue weighted by molar-refractivity contribution is 6.18. The summed E-state index contributed by atoms with van der Waals surface area (Å²) < 4.78 is 9.76. The highest BCUT2D eigenvalue weighted by atomic mass is 35.5. The lowest BCUT2D eigenvalue weighted by Gasteiger charge is -2.11. The van der Waals surface area contributed by atoms with Crippen molar-refractivity contribution in [3.05, 3.63) is 0 Å². The molecule has 0 saturated carbocycles. The summed E-state index contributed by atoms with van der Waals surface area (Å²) in [5.74, 6) is -0.478. The molecule has 4 nitrogen and oxygen atoms in total. The molecule has 5 heteroatoms. The van der Waals surface area contributed by atoms with E-state index in [1.54, 1.807) is 13.8 Å². The van der Waals surface area contributed by atoms with Gasteiger partial charge in [0.25, 0.3) is 0 Å². The Balaban J connectivity index is 3.87. The number of carbonyl (C=O) groups excluding carboxylic acids is 2. The summed E-state index contributed by atoms with van der Waals surface area (Å²) in [7, 11) is 1.48. The largest absolute Gasteiger partial charge is 0.463 e. The van der Waals surface area contributed by atoms with Gasteiger partial charge in [-0.2, -0.15) is 0 Å². The maximum atomic E-state index is 11.3. The molecule has 0 aliphatic carbocycles. The second kappa shape index (κ2) is 7.65. The summed E-state index contributed by atoms with van der Waals surface area (Å²) in [4.78, 5) is 22.4. The van der Waals surface area contributed by atoms with Gasteiger partial charge in [0, 0.05) is 19.4 Å². The summed E-state index contributed by atoms with van der Waals surface area (Å²) in [6, 6.07) is 0. The van der Waals surface area contributed by atoms with E-state index in [0.29, 0.717) is 0 Å². The lowest BCUT2D eigenvalue weighted by molar-refractivity contribution is -0.149. The molecule has 0 spiro atoms. The van der Waals surface area contributed by atoms with Crippen molar-refractivity contribution in [2.75, 3.05) is 13.0 Å². The SMILES string of the molecule is CO[C@H](CCl)CC(=O)CC(=O)OC(C)C. The fourth-order valence-corrected chi connectivity index (χ4v) is 1.23. The number of ketones is 1. The van der Waals surface area contributed by atoms with E-state index in [1.165, 1.54) is 7.11 Å². The first-order valence-electron chi connectivity index (χ1n) is 4.79. The monoisotopic (exact) mass is 236 g/mol. The number of Topliss-reactive ketones (excluding diaryl/α,β-unsaturated/α-hetero) is 1. The predicted octanol–water partition coefficient (Wildman–Crippen LogP) is 1.54. The molecule has 0 N–H and O–H groups in total. The van der Waals surface area contributed by atoms with Crippen LogP contribution in [-0.4, -0.2) is 37.0 Å². The van der Waals surface area contributed by atoms with Crippen molar-refractivity contribution in [3.63, 3.8) is 0 Å². The molecule has 0 aliphatic rings. The molecule has 0 amide bonds. The third-order valence-electron chi connectivity index (χ3n) is 1.67. The molecule has 0 radical (unpaired) electrons. The topological polar surface area (TPSA) is 52.6 Å². The van der Waals surface area contributed by atoms with E-state index >= 15 is 0 Å². The molecule has 0 aromatic heterocycles. The Morgan fingerprint density at radius 3 is 2.33 bits per heavy atom. The van der Waals surface area contributed by atoms with Crippen LogP contribution in [0.2, 0.25) is 0 Å². The third-order valence-corrected chi connectivity index (χ3v) is 2.01. The zero-order valence-corrected chi connectivity index (χ0v) is 10.0. The van der Waals surface area contributed by atoms with Gasteiger partial charge in [-0.25, -0.2) is 0 Å². The zero-order valence-electron chi connectivity index (χ0n) is 9.29. The number of ether oxygens (including phenoxy) is 2. The van der Waals surface area contributed by atoms with Crippen LogP contribution in [0.1, 0.15) is 26.7 Å². The third kappa shape index (κ3) is 7.33. The van der Waals surface area contributed by atoms with Crippen LogP contribution in [0.25, 0.3) is 0 Å². The number of methoxy groups -OCH3 is 1. The molecule has 15 heavy (non-hydrogen) atoms. The number of carbonyl (C=O) groups is 2. The number of hydrogen-bond donors (Lipinski definition) is 0. The predicted molar refractivity (Wildman–Crippen MR) is 57.0 cm³/mol. The standard InChI is InChI=1S/C10H17ClO4/c1-7(2)15-10(13)5-8(12)4-9(6-11)14-3/h7,9H,4-6H2,1-3H3/t9-/m0/s1. The van der Waals surface area contributed by atoms with Crippen LogP contribution >= 0.6 is 11.6 Å². The normalized spacial score (nSPS) is 12.6. The second-order valence-corrected chi connectivity index (χ2v) is 3.78. The van der Waals surface area contributed by atoms with Gasteiger partial charge >= 0.3 is 5.97 Å². The van der Waals surface area contributed by atoms with E-state index in [9.17, 15) is 9.59 Å². The molecule has 0 aromatic carbocycles. The van der Waals surface area contributed by atoms with Crippen LogP contribution < -0.4 is 0 Å². The van der Waals surface area contributed by atoms with Crippen LogP contribution in [0.15, 0.2) is 0 Å². The van der Waals surface area contributed by atoms with Gasteiger partial charge < -0.3 is 9.47 Å². The zero-order chi connectivity index (χ0) is 11.8. The molecule has 0 rings (SSSR count). The Morgan fingerprint density at radius 1 is 1.33 bits per heavy atom. The van der Waals surface area contributed by atoms with Gasteiger partial charge in [0.1, 0.15) is 12.2 Å².